The third-order valence-electron chi connectivity index (χ3n) is 2.51. The maximum Gasteiger partial charge on any atom is 0.307 e. The average molecular weight is 178 g/mol. The molecule has 2 N–H and O–H groups in total. The molecule has 0 saturated carbocycles. The summed E-state index contributed by atoms with van der Waals surface area (Å²) in [6.45, 7) is 0. The second kappa shape index (κ2) is 2.76. The largest absolute Gasteiger partial charge is 0.508 e. The molecule has 3 nitrogen and oxygen atoms in total. The monoisotopic (exact) mass is 178 g/mol. The fourth-order valence-electron chi connectivity index (χ4n) is 1.81. The van der Waals surface area contributed by atoms with Crippen molar-refractivity contribution in [3.05, 3.63) is 29.3 Å². The fourth-order valence-corrected chi connectivity index (χ4v) is 1.81. The van der Waals surface area contributed by atoms with Crippen LogP contribution in [-0.2, 0) is 17.6 Å². The lowest BCUT2D eigenvalue weighted by Gasteiger charge is -2.00. The molecule has 0 fully saturated rings. The maximum atomic E-state index is 10.7. The molecule has 0 aliphatic heterocycles. The first-order valence-corrected chi connectivity index (χ1v) is 4.21. The highest BCUT2D eigenvalue weighted by Gasteiger charge is 2.28. The van der Waals surface area contributed by atoms with E-state index in [9.17, 15) is 9.90 Å². The minimum atomic E-state index is -0.782. The number of fused-ring (bicyclic) bond motifs is 1. The van der Waals surface area contributed by atoms with E-state index < -0.39 is 5.97 Å². The molecule has 0 radical (unpaired) electrons. The van der Waals surface area contributed by atoms with Crippen molar-refractivity contribution in [1.82, 2.24) is 0 Å². The summed E-state index contributed by atoms with van der Waals surface area (Å²) >= 11 is 0. The van der Waals surface area contributed by atoms with Gasteiger partial charge in [-0.05, 0) is 30.0 Å². The fraction of sp³-hybridized carbons (Fsp3) is 0.300. The minimum Gasteiger partial charge on any atom is -0.508 e. The quantitative estimate of drug-likeness (QED) is 0.679. The number of aromatic hydroxyl groups is 1. The van der Waals surface area contributed by atoms with Crippen molar-refractivity contribution in [2.24, 2.45) is 5.92 Å². The van der Waals surface area contributed by atoms with Gasteiger partial charge < -0.3 is 10.2 Å². The van der Waals surface area contributed by atoms with Gasteiger partial charge in [-0.2, -0.15) is 0 Å². The average Bonchev–Trinajstić information content (AvgIpc) is 2.49. The van der Waals surface area contributed by atoms with Crippen LogP contribution in [0.1, 0.15) is 11.1 Å². The Labute approximate surface area is 75.6 Å². The Morgan fingerprint density at radius 1 is 1.38 bits per heavy atom. The molecule has 1 aromatic rings. The third-order valence-corrected chi connectivity index (χ3v) is 2.51. The van der Waals surface area contributed by atoms with E-state index in [1.807, 2.05) is 6.07 Å². The molecule has 0 spiro atoms. The molecule has 0 bridgehead atoms. The smallest absolute Gasteiger partial charge is 0.307 e. The predicted octanol–water partition coefficient (Wildman–Crippen LogP) is 1.19. The highest BCUT2D eigenvalue weighted by atomic mass is 16.4. The summed E-state index contributed by atoms with van der Waals surface area (Å²) in [4.78, 5) is 10.7. The van der Waals surface area contributed by atoms with E-state index >= 15 is 0 Å². The van der Waals surface area contributed by atoms with Gasteiger partial charge >= 0.3 is 5.97 Å². The Morgan fingerprint density at radius 2 is 2.15 bits per heavy atom. The summed E-state index contributed by atoms with van der Waals surface area (Å²) < 4.78 is 0. The first-order valence-electron chi connectivity index (χ1n) is 4.21. The van der Waals surface area contributed by atoms with Gasteiger partial charge in [-0.25, -0.2) is 0 Å². The maximum absolute atomic E-state index is 10.7. The van der Waals surface area contributed by atoms with Crippen LogP contribution < -0.4 is 0 Å². The number of hydrogen-bond donors (Lipinski definition) is 2. The second-order valence-electron chi connectivity index (χ2n) is 3.36. The minimum absolute atomic E-state index is 0.223. The van der Waals surface area contributed by atoms with Crippen LogP contribution >= 0.6 is 0 Å². The van der Waals surface area contributed by atoms with Crippen molar-refractivity contribution in [3.63, 3.8) is 0 Å². The van der Waals surface area contributed by atoms with Gasteiger partial charge in [0.15, 0.2) is 0 Å². The summed E-state index contributed by atoms with van der Waals surface area (Å²) in [5.74, 6) is -0.917. The normalized spacial score (nSPS) is 19.8. The van der Waals surface area contributed by atoms with Gasteiger partial charge in [-0.15, -0.1) is 0 Å². The number of carboxylic acid groups (broad SMARTS) is 1. The molecule has 1 aliphatic carbocycles. The van der Waals surface area contributed by atoms with E-state index in [-0.39, 0.29) is 11.7 Å². The van der Waals surface area contributed by atoms with Gasteiger partial charge in [0.2, 0.25) is 0 Å². The van der Waals surface area contributed by atoms with E-state index in [0.29, 0.717) is 12.8 Å². The summed E-state index contributed by atoms with van der Waals surface area (Å²) in [5.41, 5.74) is 1.77. The summed E-state index contributed by atoms with van der Waals surface area (Å²) in [7, 11) is 0. The van der Waals surface area contributed by atoms with Crippen molar-refractivity contribution in [1.29, 1.82) is 0 Å². The van der Waals surface area contributed by atoms with E-state index in [1.165, 1.54) is 0 Å². The lowest BCUT2D eigenvalue weighted by atomic mass is 10.1. The predicted molar refractivity (Wildman–Crippen MR) is 46.6 cm³/mol. The number of phenolic OH excluding ortho intramolecular Hbond substituents is 1. The van der Waals surface area contributed by atoms with Gasteiger partial charge in [-0.3, -0.25) is 4.79 Å². The molecule has 0 amide bonds. The topological polar surface area (TPSA) is 57.5 Å². The van der Waals surface area contributed by atoms with Crippen LogP contribution in [0.5, 0.6) is 5.75 Å². The van der Waals surface area contributed by atoms with Gasteiger partial charge in [0.1, 0.15) is 5.75 Å². The van der Waals surface area contributed by atoms with Crippen LogP contribution in [0.3, 0.4) is 0 Å². The number of carboxylic acids is 1. The second-order valence-corrected chi connectivity index (χ2v) is 3.36. The van der Waals surface area contributed by atoms with Gasteiger partial charge in [0.05, 0.1) is 5.92 Å². The van der Waals surface area contributed by atoms with Crippen LogP contribution in [-0.4, -0.2) is 16.2 Å². The molecule has 1 aromatic carbocycles. The van der Waals surface area contributed by atoms with Gasteiger partial charge in [0.25, 0.3) is 0 Å². The number of aliphatic carboxylic acids is 1. The van der Waals surface area contributed by atoms with Crippen molar-refractivity contribution >= 4 is 5.97 Å². The highest BCUT2D eigenvalue weighted by Crippen LogP contribution is 2.32. The first kappa shape index (κ1) is 8.10. The molecular formula is C10H10O3. The van der Waals surface area contributed by atoms with Crippen molar-refractivity contribution in [2.45, 2.75) is 12.8 Å². The molecule has 2 rings (SSSR count). The van der Waals surface area contributed by atoms with E-state index in [1.54, 1.807) is 12.1 Å². The standard InChI is InChI=1S/C10H10O3/c11-9-3-1-2-6-4-7(10(12)13)5-8(6)9/h1-3,7,11H,4-5H2,(H,12,13)/t7-/m1/s1. The van der Waals surface area contributed by atoms with Crippen LogP contribution in [0, 0.1) is 5.92 Å². The van der Waals surface area contributed by atoms with Gasteiger partial charge in [-0.1, -0.05) is 12.1 Å². The molecule has 1 aliphatic rings. The lowest BCUT2D eigenvalue weighted by Crippen LogP contribution is -2.12. The molecular weight excluding hydrogens is 168 g/mol. The Hall–Kier alpha value is -1.51. The van der Waals surface area contributed by atoms with Crippen molar-refractivity contribution < 1.29 is 15.0 Å². The van der Waals surface area contributed by atoms with Gasteiger partial charge in [0, 0.05) is 0 Å². The van der Waals surface area contributed by atoms with Crippen LogP contribution in [0.15, 0.2) is 18.2 Å². The molecule has 3 heteroatoms. The Kier molecular flexibility index (Phi) is 1.72. The Balaban J connectivity index is 2.35. The first-order chi connectivity index (χ1) is 6.18. The lowest BCUT2D eigenvalue weighted by molar-refractivity contribution is -0.141. The summed E-state index contributed by atoms with van der Waals surface area (Å²) in [6.07, 6.45) is 0.996. The van der Waals surface area contributed by atoms with E-state index in [2.05, 4.69) is 0 Å². The molecule has 68 valence electrons. The van der Waals surface area contributed by atoms with Crippen molar-refractivity contribution in [3.8, 4) is 5.75 Å². The zero-order valence-corrected chi connectivity index (χ0v) is 7.03. The molecule has 13 heavy (non-hydrogen) atoms. The third kappa shape index (κ3) is 1.26. The number of hydrogen-bond acceptors (Lipinski definition) is 2. The van der Waals surface area contributed by atoms with Crippen LogP contribution in [0.2, 0.25) is 0 Å². The number of rotatable bonds is 1. The number of carbonyl (C=O) groups is 1. The molecule has 0 unspecified atom stereocenters. The van der Waals surface area contributed by atoms with Crippen LogP contribution in [0.4, 0.5) is 0 Å². The molecule has 0 saturated heterocycles. The van der Waals surface area contributed by atoms with E-state index in [0.717, 1.165) is 11.1 Å². The summed E-state index contributed by atoms with van der Waals surface area (Å²) in [6, 6.07) is 5.22. The van der Waals surface area contributed by atoms with Crippen LogP contribution in [0.25, 0.3) is 0 Å². The molecule has 0 aromatic heterocycles. The Bertz CT molecular complexity index is 357. The highest BCUT2D eigenvalue weighted by molar-refractivity contribution is 5.72. The molecule has 0 heterocycles. The number of phenols is 1. The molecule has 1 atom stereocenters. The SMILES string of the molecule is O=C(O)[C@@H]1Cc2cccc(O)c2C1. The van der Waals surface area contributed by atoms with E-state index in [4.69, 9.17) is 5.11 Å². The zero-order chi connectivity index (χ0) is 9.42. The van der Waals surface area contributed by atoms with Crippen molar-refractivity contribution in [2.75, 3.05) is 0 Å². The summed E-state index contributed by atoms with van der Waals surface area (Å²) in [5, 5.41) is 18.2. The number of benzene rings is 1. The zero-order valence-electron chi connectivity index (χ0n) is 7.03. The Morgan fingerprint density at radius 3 is 2.77 bits per heavy atom.